The van der Waals surface area contributed by atoms with Crippen molar-refractivity contribution in [2.45, 2.75) is 6.92 Å². The molecule has 9 heavy (non-hydrogen) atoms. The molecule has 0 aromatic carbocycles. The summed E-state index contributed by atoms with van der Waals surface area (Å²) in [5.41, 5.74) is 1.04. The van der Waals surface area contributed by atoms with E-state index in [1.165, 1.54) is 0 Å². The highest BCUT2D eigenvalue weighted by molar-refractivity contribution is 7.97. The topological polar surface area (TPSA) is 20.3 Å². The second-order valence-electron chi connectivity index (χ2n) is 2.02. The van der Waals surface area contributed by atoms with Crippen LogP contribution in [0.4, 0.5) is 0 Å². The van der Waals surface area contributed by atoms with Crippen LogP contribution < -0.4 is 0 Å². The van der Waals surface area contributed by atoms with Crippen molar-refractivity contribution in [1.82, 2.24) is 4.31 Å². The van der Waals surface area contributed by atoms with Crippen LogP contribution in [-0.2, 0) is 4.79 Å². The molecule has 50 valence electrons. The Balaban J connectivity index is 2.72. The molecule has 0 saturated carbocycles. The van der Waals surface area contributed by atoms with Crippen LogP contribution in [0.25, 0.3) is 0 Å². The molecular formula is C6H9NOS. The number of allylic oxidation sites excluding steroid dienone is 2. The Labute approximate surface area is 59.0 Å². The average molecular weight is 143 g/mol. The molecule has 1 heterocycles. The predicted octanol–water partition coefficient (Wildman–Crippen LogP) is 1.05. The standard InChI is InChI=1S/C6H9NOS/c1-5-3-6(8)4-9-7(5)2/h3H,4H2,1-2H3. The molecule has 0 radical (unpaired) electrons. The summed E-state index contributed by atoms with van der Waals surface area (Å²) in [4.78, 5) is 10.7. The SMILES string of the molecule is CC1=CC(=O)CSN1C. The molecule has 0 spiro atoms. The van der Waals surface area contributed by atoms with Crippen molar-refractivity contribution in [1.29, 1.82) is 0 Å². The fourth-order valence-electron chi connectivity index (χ4n) is 0.628. The summed E-state index contributed by atoms with van der Waals surface area (Å²) in [6.07, 6.45) is 1.68. The summed E-state index contributed by atoms with van der Waals surface area (Å²) in [6, 6.07) is 0. The second kappa shape index (κ2) is 2.43. The Morgan fingerprint density at radius 3 is 2.89 bits per heavy atom. The van der Waals surface area contributed by atoms with Gasteiger partial charge in [-0.2, -0.15) is 0 Å². The van der Waals surface area contributed by atoms with Gasteiger partial charge >= 0.3 is 0 Å². The third-order valence-electron chi connectivity index (χ3n) is 1.27. The van der Waals surface area contributed by atoms with Crippen LogP contribution in [0.5, 0.6) is 0 Å². The van der Waals surface area contributed by atoms with Crippen LogP contribution in [0.2, 0.25) is 0 Å². The molecule has 3 heteroatoms. The monoisotopic (exact) mass is 143 g/mol. The quantitative estimate of drug-likeness (QED) is 0.473. The number of carbonyl (C=O) groups excluding carboxylic acids is 1. The zero-order chi connectivity index (χ0) is 6.85. The molecule has 1 rings (SSSR count). The maximum Gasteiger partial charge on any atom is 0.169 e. The first-order valence-corrected chi connectivity index (χ1v) is 3.72. The van der Waals surface area contributed by atoms with Crippen molar-refractivity contribution in [3.63, 3.8) is 0 Å². The van der Waals surface area contributed by atoms with Gasteiger partial charge in [-0.3, -0.25) is 4.79 Å². The highest BCUT2D eigenvalue weighted by atomic mass is 32.2. The van der Waals surface area contributed by atoms with E-state index >= 15 is 0 Å². The van der Waals surface area contributed by atoms with Gasteiger partial charge in [-0.1, -0.05) is 0 Å². The van der Waals surface area contributed by atoms with Gasteiger partial charge in [-0.15, -0.1) is 0 Å². The molecule has 2 nitrogen and oxygen atoms in total. The third kappa shape index (κ3) is 1.48. The number of hydrogen-bond acceptors (Lipinski definition) is 3. The minimum atomic E-state index is 0.218. The first kappa shape index (κ1) is 6.68. The Morgan fingerprint density at radius 2 is 2.44 bits per heavy atom. The van der Waals surface area contributed by atoms with Crippen molar-refractivity contribution >= 4 is 17.7 Å². The van der Waals surface area contributed by atoms with E-state index in [1.54, 1.807) is 18.0 Å². The molecule has 0 unspecified atom stereocenters. The molecule has 0 saturated heterocycles. The van der Waals surface area contributed by atoms with Gasteiger partial charge in [0, 0.05) is 18.8 Å². The lowest BCUT2D eigenvalue weighted by Crippen LogP contribution is -2.16. The van der Waals surface area contributed by atoms with Crippen molar-refractivity contribution in [2.24, 2.45) is 0 Å². The van der Waals surface area contributed by atoms with Gasteiger partial charge in [0.2, 0.25) is 0 Å². The lowest BCUT2D eigenvalue weighted by atomic mass is 10.3. The van der Waals surface area contributed by atoms with Crippen molar-refractivity contribution in [2.75, 3.05) is 12.8 Å². The normalized spacial score (nSPS) is 20.0. The van der Waals surface area contributed by atoms with Crippen molar-refractivity contribution in [3.05, 3.63) is 11.8 Å². The number of hydrogen-bond donors (Lipinski definition) is 0. The summed E-state index contributed by atoms with van der Waals surface area (Å²) in [6.45, 7) is 1.93. The van der Waals surface area contributed by atoms with E-state index in [9.17, 15) is 4.79 Å². The highest BCUT2D eigenvalue weighted by Crippen LogP contribution is 2.18. The molecule has 0 N–H and O–H groups in total. The van der Waals surface area contributed by atoms with Crippen molar-refractivity contribution < 1.29 is 4.79 Å². The molecule has 1 aliphatic rings. The van der Waals surface area contributed by atoms with E-state index in [2.05, 4.69) is 0 Å². The number of nitrogens with zero attached hydrogens (tertiary/aromatic N) is 1. The molecule has 1 aliphatic heterocycles. The maximum atomic E-state index is 10.7. The first-order chi connectivity index (χ1) is 4.20. The molecule has 0 amide bonds. The van der Waals surface area contributed by atoms with Gasteiger partial charge in [0.1, 0.15) is 0 Å². The Morgan fingerprint density at radius 1 is 1.78 bits per heavy atom. The smallest absolute Gasteiger partial charge is 0.169 e. The third-order valence-corrected chi connectivity index (χ3v) is 2.36. The molecule has 0 fully saturated rings. The van der Waals surface area contributed by atoms with E-state index in [0.717, 1.165) is 5.70 Å². The summed E-state index contributed by atoms with van der Waals surface area (Å²) in [5.74, 6) is 0.809. The molecule has 0 aliphatic carbocycles. The Hall–Kier alpha value is -0.440. The van der Waals surface area contributed by atoms with Gasteiger partial charge in [0.25, 0.3) is 0 Å². The zero-order valence-electron chi connectivity index (χ0n) is 5.55. The molecule has 0 bridgehead atoms. The Kier molecular flexibility index (Phi) is 1.81. The van der Waals surface area contributed by atoms with Crippen LogP contribution in [0.1, 0.15) is 6.92 Å². The lowest BCUT2D eigenvalue weighted by molar-refractivity contribution is -0.112. The summed E-state index contributed by atoms with van der Waals surface area (Å²) in [7, 11) is 1.96. The fourth-order valence-corrected chi connectivity index (χ4v) is 1.29. The van der Waals surface area contributed by atoms with Crippen molar-refractivity contribution in [3.8, 4) is 0 Å². The molecule has 0 aromatic rings. The van der Waals surface area contributed by atoms with Crippen LogP contribution in [0.3, 0.4) is 0 Å². The Bertz CT molecular complexity index is 164. The lowest BCUT2D eigenvalue weighted by Gasteiger charge is -2.20. The van der Waals surface area contributed by atoms with E-state index in [4.69, 9.17) is 0 Å². The summed E-state index contributed by atoms with van der Waals surface area (Å²) >= 11 is 1.55. The predicted molar refractivity (Wildman–Crippen MR) is 39.0 cm³/mol. The van der Waals surface area contributed by atoms with Gasteiger partial charge in [0.15, 0.2) is 5.78 Å². The number of ketones is 1. The minimum Gasteiger partial charge on any atom is -0.323 e. The van der Waals surface area contributed by atoms with Gasteiger partial charge < -0.3 is 4.31 Å². The van der Waals surface area contributed by atoms with Crippen LogP contribution in [0.15, 0.2) is 11.8 Å². The van der Waals surface area contributed by atoms with Gasteiger partial charge in [-0.05, 0) is 18.9 Å². The van der Waals surface area contributed by atoms with E-state index in [0.29, 0.717) is 5.75 Å². The summed E-state index contributed by atoms with van der Waals surface area (Å²) in [5, 5.41) is 0. The number of carbonyl (C=O) groups is 1. The van der Waals surface area contributed by atoms with Crippen LogP contribution >= 0.6 is 11.9 Å². The molecular weight excluding hydrogens is 134 g/mol. The average Bonchev–Trinajstić information content (AvgIpc) is 1.80. The maximum absolute atomic E-state index is 10.7. The van der Waals surface area contributed by atoms with Crippen LogP contribution in [0, 0.1) is 0 Å². The van der Waals surface area contributed by atoms with E-state index in [-0.39, 0.29) is 5.78 Å². The molecule has 0 atom stereocenters. The molecule has 0 aromatic heterocycles. The second-order valence-corrected chi connectivity index (χ2v) is 3.12. The van der Waals surface area contributed by atoms with Crippen LogP contribution in [-0.4, -0.2) is 22.9 Å². The van der Waals surface area contributed by atoms with E-state index < -0.39 is 0 Å². The first-order valence-electron chi connectivity index (χ1n) is 2.78. The zero-order valence-corrected chi connectivity index (χ0v) is 6.36. The largest absolute Gasteiger partial charge is 0.323 e. The van der Waals surface area contributed by atoms with Gasteiger partial charge in [-0.25, -0.2) is 0 Å². The summed E-state index contributed by atoms with van der Waals surface area (Å²) < 4.78 is 2.00. The highest BCUT2D eigenvalue weighted by Gasteiger charge is 2.10. The van der Waals surface area contributed by atoms with Gasteiger partial charge in [0.05, 0.1) is 5.75 Å². The fraction of sp³-hybridized carbons (Fsp3) is 0.500. The number of rotatable bonds is 0. The van der Waals surface area contributed by atoms with E-state index in [1.807, 2.05) is 18.3 Å². The minimum absolute atomic E-state index is 0.218.